The lowest BCUT2D eigenvalue weighted by Crippen LogP contribution is -2.38. The summed E-state index contributed by atoms with van der Waals surface area (Å²) in [6.07, 6.45) is 2.23. The summed E-state index contributed by atoms with van der Waals surface area (Å²) in [7, 11) is 0. The number of carboxylic acid groups (broad SMARTS) is 1. The Kier molecular flexibility index (Phi) is 6.78. The highest BCUT2D eigenvalue weighted by Gasteiger charge is 2.20. The van der Waals surface area contributed by atoms with Gasteiger partial charge >= 0.3 is 5.97 Å². The van der Waals surface area contributed by atoms with Gasteiger partial charge in [0.05, 0.1) is 0 Å². The Bertz CT molecular complexity index is 1230. The average molecular weight is 449 g/mol. The highest BCUT2D eigenvalue weighted by molar-refractivity contribution is 6.30. The molecule has 0 spiro atoms. The number of hydrogen-bond donors (Lipinski definition) is 3. The number of H-pyrrole nitrogens is 1. The van der Waals surface area contributed by atoms with Crippen molar-refractivity contribution in [1.82, 2.24) is 10.3 Å². The quantitative estimate of drug-likeness (QED) is 0.316. The molecule has 0 aliphatic carbocycles. The number of aryl methyl sites for hydroxylation is 1. The van der Waals surface area contributed by atoms with Crippen LogP contribution in [0.3, 0.4) is 0 Å². The number of nitrogens with one attached hydrogen (secondary N) is 2. The molecule has 0 saturated carbocycles. The van der Waals surface area contributed by atoms with Crippen LogP contribution in [-0.2, 0) is 24.4 Å². The number of benzene rings is 3. The molecule has 1 heterocycles. The van der Waals surface area contributed by atoms with E-state index in [0.717, 1.165) is 27.6 Å². The molecule has 0 amide bonds. The van der Waals surface area contributed by atoms with Crippen LogP contribution in [0.4, 0.5) is 0 Å². The van der Waals surface area contributed by atoms with Crippen LogP contribution in [0.25, 0.3) is 10.9 Å². The van der Waals surface area contributed by atoms with E-state index in [9.17, 15) is 9.90 Å². The monoisotopic (exact) mass is 448 g/mol. The lowest BCUT2D eigenvalue weighted by Gasteiger charge is -2.17. The van der Waals surface area contributed by atoms with Crippen LogP contribution in [-0.4, -0.2) is 22.1 Å². The van der Waals surface area contributed by atoms with Gasteiger partial charge in [0.25, 0.3) is 0 Å². The second-order valence-corrected chi connectivity index (χ2v) is 8.30. The summed E-state index contributed by atoms with van der Waals surface area (Å²) >= 11 is 6.21. The molecule has 1 unspecified atom stereocenters. The Morgan fingerprint density at radius 3 is 2.75 bits per heavy atom. The van der Waals surface area contributed by atoms with Crippen molar-refractivity contribution in [3.63, 3.8) is 0 Å². The summed E-state index contributed by atoms with van der Waals surface area (Å²) in [5.41, 5.74) is 5.01. The molecule has 0 aliphatic rings. The number of hydrogen-bond acceptors (Lipinski definition) is 3. The van der Waals surface area contributed by atoms with Gasteiger partial charge in [0.1, 0.15) is 18.4 Å². The summed E-state index contributed by atoms with van der Waals surface area (Å²) in [5.74, 6) is -0.223. The van der Waals surface area contributed by atoms with E-state index in [4.69, 9.17) is 16.3 Å². The van der Waals surface area contributed by atoms with Gasteiger partial charge in [-0.2, -0.15) is 0 Å². The molecule has 3 aromatic carbocycles. The molecule has 6 heteroatoms. The van der Waals surface area contributed by atoms with E-state index in [1.807, 2.05) is 67.7 Å². The Balaban J connectivity index is 1.47. The van der Waals surface area contributed by atoms with E-state index < -0.39 is 12.0 Å². The molecule has 0 bridgehead atoms. The molecule has 4 rings (SSSR count). The van der Waals surface area contributed by atoms with Gasteiger partial charge in [-0.1, -0.05) is 59.6 Å². The Morgan fingerprint density at radius 2 is 1.94 bits per heavy atom. The number of aromatic amines is 1. The molecule has 164 valence electrons. The molecule has 0 aliphatic heterocycles. The maximum absolute atomic E-state index is 11.9. The maximum Gasteiger partial charge on any atom is 0.321 e. The summed E-state index contributed by atoms with van der Waals surface area (Å²) in [6, 6.07) is 20.7. The van der Waals surface area contributed by atoms with E-state index in [-0.39, 0.29) is 0 Å². The van der Waals surface area contributed by atoms with Crippen molar-refractivity contribution in [2.24, 2.45) is 0 Å². The zero-order valence-corrected chi connectivity index (χ0v) is 18.5. The summed E-state index contributed by atoms with van der Waals surface area (Å²) in [5, 5.41) is 14.6. The van der Waals surface area contributed by atoms with Gasteiger partial charge in [0.2, 0.25) is 0 Å². The van der Waals surface area contributed by atoms with Crippen LogP contribution < -0.4 is 10.1 Å². The second kappa shape index (κ2) is 9.90. The van der Waals surface area contributed by atoms with Gasteiger partial charge in [-0.3, -0.25) is 10.1 Å². The van der Waals surface area contributed by atoms with Crippen LogP contribution >= 0.6 is 11.6 Å². The molecule has 1 atom stereocenters. The van der Waals surface area contributed by atoms with Crippen molar-refractivity contribution in [2.75, 3.05) is 0 Å². The van der Waals surface area contributed by atoms with Crippen molar-refractivity contribution < 1.29 is 14.6 Å². The van der Waals surface area contributed by atoms with Crippen LogP contribution in [0.5, 0.6) is 5.75 Å². The van der Waals surface area contributed by atoms with Gasteiger partial charge in [-0.25, -0.2) is 0 Å². The number of carboxylic acids is 1. The Morgan fingerprint density at radius 1 is 1.09 bits per heavy atom. The van der Waals surface area contributed by atoms with Crippen molar-refractivity contribution in [3.8, 4) is 5.75 Å². The fourth-order valence-electron chi connectivity index (χ4n) is 3.79. The number of fused-ring (bicyclic) bond motifs is 1. The number of carbonyl (C=O) groups is 1. The minimum Gasteiger partial charge on any atom is -0.489 e. The van der Waals surface area contributed by atoms with Crippen molar-refractivity contribution in [2.45, 2.75) is 32.5 Å². The first kappa shape index (κ1) is 21.9. The third kappa shape index (κ3) is 5.31. The predicted molar refractivity (Wildman–Crippen MR) is 127 cm³/mol. The molecule has 0 radical (unpaired) electrons. The molecule has 0 saturated heterocycles. The van der Waals surface area contributed by atoms with Crippen LogP contribution in [0, 0.1) is 6.92 Å². The standard InChI is InChI=1S/C26H25ClN2O3/c1-17-5-4-6-18(11-17)16-32-25-10-9-21(27)12-20(25)15-29-24(26(30)31)13-19-14-28-23-8-3-2-7-22(19)23/h2-12,14,24,28-29H,13,15-16H2,1H3,(H,30,31). The molecule has 5 nitrogen and oxygen atoms in total. The first-order chi connectivity index (χ1) is 15.5. The van der Waals surface area contributed by atoms with Crippen LogP contribution in [0.2, 0.25) is 5.02 Å². The third-order valence-electron chi connectivity index (χ3n) is 5.44. The molecule has 4 aromatic rings. The minimum absolute atomic E-state index is 0.322. The van der Waals surface area contributed by atoms with E-state index in [1.54, 1.807) is 6.07 Å². The van der Waals surface area contributed by atoms with Gasteiger partial charge in [-0.05, 0) is 42.3 Å². The van der Waals surface area contributed by atoms with Crippen LogP contribution in [0.1, 0.15) is 22.3 Å². The third-order valence-corrected chi connectivity index (χ3v) is 5.67. The highest BCUT2D eigenvalue weighted by Crippen LogP contribution is 2.25. The van der Waals surface area contributed by atoms with Gasteiger partial charge < -0.3 is 14.8 Å². The minimum atomic E-state index is -0.903. The number of aromatic nitrogens is 1. The zero-order valence-electron chi connectivity index (χ0n) is 17.8. The number of rotatable bonds is 9. The predicted octanol–water partition coefficient (Wildman–Crippen LogP) is 5.49. The second-order valence-electron chi connectivity index (χ2n) is 7.87. The highest BCUT2D eigenvalue weighted by atomic mass is 35.5. The zero-order chi connectivity index (χ0) is 22.5. The topological polar surface area (TPSA) is 74.3 Å². The SMILES string of the molecule is Cc1cccc(COc2ccc(Cl)cc2CNC(Cc2c[nH]c3ccccc23)C(=O)O)c1. The molecule has 32 heavy (non-hydrogen) atoms. The van der Waals surface area contributed by atoms with Crippen LogP contribution in [0.15, 0.2) is 72.9 Å². The fourth-order valence-corrected chi connectivity index (χ4v) is 3.99. The van der Waals surface area contributed by atoms with Gasteiger partial charge in [0.15, 0.2) is 0 Å². The number of aliphatic carboxylic acids is 1. The van der Waals surface area contributed by atoms with Crippen molar-refractivity contribution >= 4 is 28.5 Å². The normalized spacial score (nSPS) is 12.1. The smallest absolute Gasteiger partial charge is 0.321 e. The van der Waals surface area contributed by atoms with Gasteiger partial charge in [-0.15, -0.1) is 0 Å². The number of para-hydroxylation sites is 1. The first-order valence-corrected chi connectivity index (χ1v) is 10.9. The molecule has 0 fully saturated rings. The number of ether oxygens (including phenoxy) is 1. The van der Waals surface area contributed by atoms with Crippen molar-refractivity contribution in [3.05, 3.63) is 100 Å². The van der Waals surface area contributed by atoms with E-state index in [0.29, 0.717) is 30.3 Å². The van der Waals surface area contributed by atoms with Gasteiger partial charge in [0, 0.05) is 40.7 Å². The lowest BCUT2D eigenvalue weighted by atomic mass is 10.0. The van der Waals surface area contributed by atoms with Crippen molar-refractivity contribution in [1.29, 1.82) is 0 Å². The van der Waals surface area contributed by atoms with E-state index in [1.165, 1.54) is 5.56 Å². The largest absolute Gasteiger partial charge is 0.489 e. The average Bonchev–Trinajstić information content (AvgIpc) is 3.18. The Hall–Kier alpha value is -3.28. The lowest BCUT2D eigenvalue weighted by molar-refractivity contribution is -0.139. The number of halogens is 1. The fraction of sp³-hybridized carbons (Fsp3) is 0.192. The molecule has 1 aromatic heterocycles. The molecule has 3 N–H and O–H groups in total. The van der Waals surface area contributed by atoms with E-state index >= 15 is 0 Å². The molecular formula is C26H25ClN2O3. The summed E-state index contributed by atoms with van der Waals surface area (Å²) < 4.78 is 6.04. The maximum atomic E-state index is 11.9. The Labute approximate surface area is 192 Å². The summed E-state index contributed by atoms with van der Waals surface area (Å²) in [6.45, 7) is 2.79. The summed E-state index contributed by atoms with van der Waals surface area (Å²) in [4.78, 5) is 15.1. The molecular weight excluding hydrogens is 424 g/mol. The van der Waals surface area contributed by atoms with E-state index in [2.05, 4.69) is 16.4 Å². The first-order valence-electron chi connectivity index (χ1n) is 10.5.